The van der Waals surface area contributed by atoms with Crippen molar-refractivity contribution in [3.8, 4) is 28.6 Å². The van der Waals surface area contributed by atoms with E-state index in [-0.39, 0.29) is 22.4 Å². The number of methoxy groups -OCH3 is 2. The molecule has 0 radical (unpaired) electrons. The SMILES string of the molecule is COc1ccc(OC)c(C(=O)CSc2nnc(-c3ccccc3)n2-c2ccc(F)cc2F)c1. The van der Waals surface area contributed by atoms with Crippen LogP contribution in [-0.2, 0) is 0 Å². The van der Waals surface area contributed by atoms with E-state index in [9.17, 15) is 13.6 Å². The minimum absolute atomic E-state index is 0.0146. The molecule has 4 aromatic rings. The molecule has 0 saturated carbocycles. The van der Waals surface area contributed by atoms with Crippen molar-refractivity contribution in [2.45, 2.75) is 5.16 Å². The van der Waals surface area contributed by atoms with E-state index >= 15 is 0 Å². The number of ether oxygens (including phenoxy) is 2. The monoisotopic (exact) mass is 467 g/mol. The van der Waals surface area contributed by atoms with Crippen LogP contribution in [0, 0.1) is 11.6 Å². The van der Waals surface area contributed by atoms with Gasteiger partial charge < -0.3 is 9.47 Å². The molecule has 0 aliphatic carbocycles. The molecule has 1 heterocycles. The number of benzene rings is 3. The van der Waals surface area contributed by atoms with Crippen LogP contribution in [0.2, 0.25) is 0 Å². The molecule has 0 bridgehead atoms. The van der Waals surface area contributed by atoms with Gasteiger partial charge in [-0.25, -0.2) is 8.78 Å². The average molecular weight is 467 g/mol. The van der Waals surface area contributed by atoms with Crippen molar-refractivity contribution >= 4 is 17.5 Å². The van der Waals surface area contributed by atoms with Crippen LogP contribution in [0.5, 0.6) is 11.5 Å². The van der Waals surface area contributed by atoms with Gasteiger partial charge in [-0.05, 0) is 30.3 Å². The van der Waals surface area contributed by atoms with Gasteiger partial charge in [0.05, 0.1) is 31.2 Å². The first kappa shape index (κ1) is 22.5. The molecule has 4 rings (SSSR count). The number of halogens is 2. The lowest BCUT2D eigenvalue weighted by Gasteiger charge is -2.12. The molecule has 0 atom stereocenters. The van der Waals surface area contributed by atoms with Crippen molar-refractivity contribution in [2.24, 2.45) is 0 Å². The number of carbonyl (C=O) groups excluding carboxylic acids is 1. The normalized spacial score (nSPS) is 10.8. The summed E-state index contributed by atoms with van der Waals surface area (Å²) in [7, 11) is 2.99. The van der Waals surface area contributed by atoms with Crippen LogP contribution in [0.15, 0.2) is 71.9 Å². The van der Waals surface area contributed by atoms with Gasteiger partial charge in [-0.3, -0.25) is 9.36 Å². The topological polar surface area (TPSA) is 66.2 Å². The number of Topliss-reactive ketones (excluding diaryl/α,β-unsaturated/α-hetero) is 1. The molecule has 0 N–H and O–H groups in total. The predicted molar refractivity (Wildman–Crippen MR) is 121 cm³/mol. The minimum atomic E-state index is -0.769. The largest absolute Gasteiger partial charge is 0.497 e. The average Bonchev–Trinajstić information content (AvgIpc) is 3.26. The van der Waals surface area contributed by atoms with E-state index in [4.69, 9.17) is 9.47 Å². The lowest BCUT2D eigenvalue weighted by atomic mass is 10.1. The molecular weight excluding hydrogens is 448 g/mol. The molecule has 0 amide bonds. The summed E-state index contributed by atoms with van der Waals surface area (Å²) in [6, 6.07) is 17.3. The second kappa shape index (κ2) is 9.83. The molecule has 0 aliphatic heterocycles. The third-order valence-electron chi connectivity index (χ3n) is 4.86. The summed E-state index contributed by atoms with van der Waals surface area (Å²) in [5, 5.41) is 8.68. The molecule has 0 spiro atoms. The summed E-state index contributed by atoms with van der Waals surface area (Å²) in [5.74, 6) is -0.403. The van der Waals surface area contributed by atoms with Gasteiger partial charge in [0.2, 0.25) is 0 Å². The highest BCUT2D eigenvalue weighted by Crippen LogP contribution is 2.31. The zero-order chi connectivity index (χ0) is 23.4. The van der Waals surface area contributed by atoms with Gasteiger partial charge in [-0.15, -0.1) is 10.2 Å². The summed E-state index contributed by atoms with van der Waals surface area (Å²) >= 11 is 1.09. The zero-order valence-electron chi connectivity index (χ0n) is 17.8. The smallest absolute Gasteiger partial charge is 0.196 e. The molecule has 33 heavy (non-hydrogen) atoms. The van der Waals surface area contributed by atoms with E-state index in [1.54, 1.807) is 18.2 Å². The first-order valence-electron chi connectivity index (χ1n) is 9.86. The Labute approximate surface area is 193 Å². The van der Waals surface area contributed by atoms with Crippen LogP contribution in [0.4, 0.5) is 8.78 Å². The van der Waals surface area contributed by atoms with E-state index in [1.165, 1.54) is 24.9 Å². The van der Waals surface area contributed by atoms with Crippen LogP contribution in [0.25, 0.3) is 17.1 Å². The number of rotatable bonds is 8. The Bertz CT molecular complexity index is 1300. The summed E-state index contributed by atoms with van der Waals surface area (Å²) < 4.78 is 40.2. The number of carbonyl (C=O) groups is 1. The second-order valence-electron chi connectivity index (χ2n) is 6.88. The van der Waals surface area contributed by atoms with E-state index in [1.807, 2.05) is 30.3 Å². The highest BCUT2D eigenvalue weighted by molar-refractivity contribution is 7.99. The Balaban J connectivity index is 1.70. The van der Waals surface area contributed by atoms with Gasteiger partial charge in [0.1, 0.15) is 23.1 Å². The minimum Gasteiger partial charge on any atom is -0.497 e. The molecule has 168 valence electrons. The highest BCUT2D eigenvalue weighted by Gasteiger charge is 2.21. The van der Waals surface area contributed by atoms with Crippen LogP contribution >= 0.6 is 11.8 Å². The molecule has 6 nitrogen and oxygen atoms in total. The Hall–Kier alpha value is -3.72. The first-order chi connectivity index (χ1) is 16.0. The molecule has 3 aromatic carbocycles. The summed E-state index contributed by atoms with van der Waals surface area (Å²) in [6.45, 7) is 0. The maximum absolute atomic E-state index is 14.7. The summed E-state index contributed by atoms with van der Waals surface area (Å²) in [4.78, 5) is 13.0. The third-order valence-corrected chi connectivity index (χ3v) is 5.78. The number of ketones is 1. The number of nitrogens with zero attached hydrogens (tertiary/aromatic N) is 3. The van der Waals surface area contributed by atoms with Crippen LogP contribution in [0.3, 0.4) is 0 Å². The van der Waals surface area contributed by atoms with Crippen molar-refractivity contribution in [1.29, 1.82) is 0 Å². The lowest BCUT2D eigenvalue weighted by Crippen LogP contribution is -2.08. The van der Waals surface area contributed by atoms with Gasteiger partial charge in [0.25, 0.3) is 0 Å². The maximum Gasteiger partial charge on any atom is 0.196 e. The van der Waals surface area contributed by atoms with Crippen molar-refractivity contribution in [3.05, 3.63) is 83.9 Å². The number of hydrogen-bond acceptors (Lipinski definition) is 6. The molecule has 0 saturated heterocycles. The summed E-state index contributed by atoms with van der Waals surface area (Å²) in [5.41, 5.74) is 1.13. The van der Waals surface area contributed by atoms with E-state index in [2.05, 4.69) is 10.2 Å². The lowest BCUT2D eigenvalue weighted by molar-refractivity contribution is 0.101. The summed E-state index contributed by atoms with van der Waals surface area (Å²) in [6.07, 6.45) is 0. The molecule has 0 aliphatic rings. The van der Waals surface area contributed by atoms with E-state index in [0.29, 0.717) is 28.5 Å². The zero-order valence-corrected chi connectivity index (χ0v) is 18.6. The fourth-order valence-corrected chi connectivity index (χ4v) is 4.09. The van der Waals surface area contributed by atoms with E-state index < -0.39 is 11.6 Å². The quantitative estimate of drug-likeness (QED) is 0.262. The third kappa shape index (κ3) is 4.73. The Kier molecular flexibility index (Phi) is 6.69. The van der Waals surface area contributed by atoms with Gasteiger partial charge in [-0.2, -0.15) is 0 Å². The van der Waals surface area contributed by atoms with Gasteiger partial charge in [-0.1, -0.05) is 42.1 Å². The van der Waals surface area contributed by atoms with Crippen molar-refractivity contribution < 1.29 is 23.0 Å². The van der Waals surface area contributed by atoms with Gasteiger partial charge >= 0.3 is 0 Å². The van der Waals surface area contributed by atoms with Crippen molar-refractivity contribution in [2.75, 3.05) is 20.0 Å². The van der Waals surface area contributed by atoms with Crippen LogP contribution in [-0.4, -0.2) is 40.5 Å². The number of aromatic nitrogens is 3. The van der Waals surface area contributed by atoms with Crippen molar-refractivity contribution in [3.63, 3.8) is 0 Å². The first-order valence-corrected chi connectivity index (χ1v) is 10.8. The number of thioether (sulfide) groups is 1. The Morgan fingerprint density at radius 2 is 1.76 bits per heavy atom. The molecule has 0 fully saturated rings. The fraction of sp³-hybridized carbons (Fsp3) is 0.125. The molecular formula is C24H19F2N3O3S. The van der Waals surface area contributed by atoms with Gasteiger partial charge in [0, 0.05) is 11.6 Å². The van der Waals surface area contributed by atoms with E-state index in [0.717, 1.165) is 23.9 Å². The highest BCUT2D eigenvalue weighted by atomic mass is 32.2. The Morgan fingerprint density at radius 3 is 2.45 bits per heavy atom. The second-order valence-corrected chi connectivity index (χ2v) is 7.82. The van der Waals surface area contributed by atoms with Crippen LogP contribution < -0.4 is 9.47 Å². The number of hydrogen-bond donors (Lipinski definition) is 0. The maximum atomic E-state index is 14.7. The standard InChI is InChI=1S/C24H19F2N3O3S/c1-31-17-9-11-22(32-2)18(13-17)21(30)14-33-24-28-27-23(15-6-4-3-5-7-15)29(24)20-10-8-16(25)12-19(20)26/h3-13H,14H2,1-2H3. The van der Waals surface area contributed by atoms with Crippen molar-refractivity contribution in [1.82, 2.24) is 14.8 Å². The molecule has 0 unspecified atom stereocenters. The predicted octanol–water partition coefficient (Wildman–Crippen LogP) is 5.20. The fourth-order valence-electron chi connectivity index (χ4n) is 3.26. The molecule has 9 heteroatoms. The Morgan fingerprint density at radius 1 is 0.970 bits per heavy atom. The molecule has 1 aromatic heterocycles. The van der Waals surface area contributed by atoms with Crippen LogP contribution in [0.1, 0.15) is 10.4 Å². The van der Waals surface area contributed by atoms with Gasteiger partial charge in [0.15, 0.2) is 16.8 Å².